The standard InChI is InChI=1S/C12H23NO2/c1-11(2,3)9-4-5-12(10(13)8-9)14-6-7-15-12/h9-10H,4-8,13H2,1-3H3/t9-,10+/m1/s1. The highest BCUT2D eigenvalue weighted by molar-refractivity contribution is 4.95. The lowest BCUT2D eigenvalue weighted by Gasteiger charge is -2.44. The van der Waals surface area contributed by atoms with Crippen molar-refractivity contribution in [1.82, 2.24) is 0 Å². The summed E-state index contributed by atoms with van der Waals surface area (Å²) < 4.78 is 11.4. The summed E-state index contributed by atoms with van der Waals surface area (Å²) in [5, 5.41) is 0. The van der Waals surface area contributed by atoms with E-state index in [1.807, 2.05) is 0 Å². The Bertz CT molecular complexity index is 228. The van der Waals surface area contributed by atoms with Gasteiger partial charge in [-0.2, -0.15) is 0 Å². The molecule has 3 heteroatoms. The van der Waals surface area contributed by atoms with E-state index >= 15 is 0 Å². The molecule has 0 unspecified atom stereocenters. The van der Waals surface area contributed by atoms with Crippen molar-refractivity contribution in [3.05, 3.63) is 0 Å². The van der Waals surface area contributed by atoms with E-state index < -0.39 is 5.79 Å². The first-order valence-corrected chi connectivity index (χ1v) is 5.97. The number of nitrogens with two attached hydrogens (primary N) is 1. The van der Waals surface area contributed by atoms with Crippen molar-refractivity contribution in [2.45, 2.75) is 51.9 Å². The topological polar surface area (TPSA) is 44.5 Å². The second-order valence-corrected chi connectivity index (χ2v) is 5.95. The fraction of sp³-hybridized carbons (Fsp3) is 1.00. The van der Waals surface area contributed by atoms with Gasteiger partial charge in [0.2, 0.25) is 0 Å². The fourth-order valence-corrected chi connectivity index (χ4v) is 2.78. The summed E-state index contributed by atoms with van der Waals surface area (Å²) in [6, 6.07) is 0.0398. The second kappa shape index (κ2) is 3.72. The molecule has 1 spiro atoms. The average Bonchev–Trinajstić information content (AvgIpc) is 2.58. The largest absolute Gasteiger partial charge is 0.346 e. The molecule has 3 nitrogen and oxygen atoms in total. The van der Waals surface area contributed by atoms with Crippen LogP contribution in [0.25, 0.3) is 0 Å². The van der Waals surface area contributed by atoms with Gasteiger partial charge in [-0.05, 0) is 24.2 Å². The first-order chi connectivity index (χ1) is 6.94. The van der Waals surface area contributed by atoms with Crippen LogP contribution in [0.4, 0.5) is 0 Å². The maximum Gasteiger partial charge on any atom is 0.183 e. The molecule has 15 heavy (non-hydrogen) atoms. The first kappa shape index (κ1) is 11.4. The van der Waals surface area contributed by atoms with Gasteiger partial charge in [-0.3, -0.25) is 0 Å². The molecule has 2 rings (SSSR count). The van der Waals surface area contributed by atoms with Crippen molar-refractivity contribution in [1.29, 1.82) is 0 Å². The van der Waals surface area contributed by atoms with Crippen molar-refractivity contribution in [3.63, 3.8) is 0 Å². The van der Waals surface area contributed by atoms with Crippen molar-refractivity contribution in [2.24, 2.45) is 17.1 Å². The Hall–Kier alpha value is -0.120. The van der Waals surface area contributed by atoms with E-state index in [0.717, 1.165) is 19.3 Å². The molecule has 1 aliphatic carbocycles. The molecule has 2 fully saturated rings. The van der Waals surface area contributed by atoms with Crippen LogP contribution in [0, 0.1) is 11.3 Å². The van der Waals surface area contributed by atoms with E-state index in [9.17, 15) is 0 Å². The SMILES string of the molecule is CC(C)(C)[C@@H]1CCC2(OCCO2)[C@@H](N)C1. The zero-order valence-corrected chi connectivity index (χ0v) is 10.1. The van der Waals surface area contributed by atoms with Crippen LogP contribution in [0.15, 0.2) is 0 Å². The first-order valence-electron chi connectivity index (χ1n) is 5.97. The smallest absolute Gasteiger partial charge is 0.183 e. The van der Waals surface area contributed by atoms with Crippen LogP contribution >= 0.6 is 0 Å². The summed E-state index contributed by atoms with van der Waals surface area (Å²) in [5.74, 6) is 0.243. The highest BCUT2D eigenvalue weighted by Gasteiger charge is 2.48. The van der Waals surface area contributed by atoms with Gasteiger partial charge >= 0.3 is 0 Å². The van der Waals surface area contributed by atoms with Crippen LogP contribution in [0.5, 0.6) is 0 Å². The predicted molar refractivity (Wildman–Crippen MR) is 59.4 cm³/mol. The summed E-state index contributed by atoms with van der Waals surface area (Å²) in [7, 11) is 0. The van der Waals surface area contributed by atoms with Gasteiger partial charge in [0.05, 0.1) is 19.3 Å². The molecule has 0 amide bonds. The summed E-state index contributed by atoms with van der Waals surface area (Å²) >= 11 is 0. The Balaban J connectivity index is 2.03. The molecule has 0 radical (unpaired) electrons. The summed E-state index contributed by atoms with van der Waals surface area (Å²) in [5.41, 5.74) is 6.56. The molecule has 0 aromatic carbocycles. The molecule has 2 N–H and O–H groups in total. The lowest BCUT2D eigenvalue weighted by molar-refractivity contribution is -0.198. The van der Waals surface area contributed by atoms with E-state index in [0.29, 0.717) is 24.5 Å². The average molecular weight is 213 g/mol. The van der Waals surface area contributed by atoms with Crippen molar-refractivity contribution >= 4 is 0 Å². The minimum atomic E-state index is -0.443. The zero-order chi connectivity index (χ0) is 11.1. The van der Waals surface area contributed by atoms with Gasteiger partial charge in [0.25, 0.3) is 0 Å². The number of ether oxygens (including phenoxy) is 2. The van der Waals surface area contributed by atoms with Crippen LogP contribution in [0.1, 0.15) is 40.0 Å². The van der Waals surface area contributed by atoms with Gasteiger partial charge in [0.1, 0.15) is 0 Å². The van der Waals surface area contributed by atoms with Crippen LogP contribution in [-0.4, -0.2) is 25.0 Å². The molecule has 1 aliphatic heterocycles. The third-order valence-electron chi connectivity index (χ3n) is 3.95. The zero-order valence-electron chi connectivity index (χ0n) is 10.1. The Kier molecular flexibility index (Phi) is 2.82. The lowest BCUT2D eigenvalue weighted by atomic mass is 9.69. The lowest BCUT2D eigenvalue weighted by Crippen LogP contribution is -2.54. The molecule has 0 aromatic rings. The Morgan fingerprint density at radius 1 is 1.20 bits per heavy atom. The minimum absolute atomic E-state index is 0.0398. The summed E-state index contributed by atoms with van der Waals surface area (Å²) in [4.78, 5) is 0. The Morgan fingerprint density at radius 2 is 1.80 bits per heavy atom. The maximum absolute atomic E-state index is 6.21. The number of hydrogen-bond acceptors (Lipinski definition) is 3. The minimum Gasteiger partial charge on any atom is -0.346 e. The van der Waals surface area contributed by atoms with Crippen LogP contribution in [0.2, 0.25) is 0 Å². The van der Waals surface area contributed by atoms with Crippen LogP contribution in [-0.2, 0) is 9.47 Å². The van der Waals surface area contributed by atoms with E-state index in [2.05, 4.69) is 20.8 Å². The normalized spacial score (nSPS) is 36.0. The highest BCUT2D eigenvalue weighted by Crippen LogP contribution is 2.43. The van der Waals surface area contributed by atoms with Gasteiger partial charge in [-0.25, -0.2) is 0 Å². The molecule has 1 saturated heterocycles. The van der Waals surface area contributed by atoms with Crippen molar-refractivity contribution < 1.29 is 9.47 Å². The van der Waals surface area contributed by atoms with Crippen molar-refractivity contribution in [2.75, 3.05) is 13.2 Å². The third kappa shape index (κ3) is 2.05. The Labute approximate surface area is 92.3 Å². The van der Waals surface area contributed by atoms with E-state index in [4.69, 9.17) is 15.2 Å². The van der Waals surface area contributed by atoms with E-state index in [-0.39, 0.29) is 6.04 Å². The van der Waals surface area contributed by atoms with Gasteiger partial charge < -0.3 is 15.2 Å². The molecule has 1 saturated carbocycles. The number of hydrogen-bond donors (Lipinski definition) is 1. The van der Waals surface area contributed by atoms with Gasteiger partial charge in [-0.15, -0.1) is 0 Å². The third-order valence-corrected chi connectivity index (χ3v) is 3.95. The molecule has 88 valence electrons. The van der Waals surface area contributed by atoms with Gasteiger partial charge in [0, 0.05) is 6.42 Å². The van der Waals surface area contributed by atoms with E-state index in [1.165, 1.54) is 0 Å². The van der Waals surface area contributed by atoms with Crippen molar-refractivity contribution in [3.8, 4) is 0 Å². The molecule has 2 atom stereocenters. The second-order valence-electron chi connectivity index (χ2n) is 5.95. The fourth-order valence-electron chi connectivity index (χ4n) is 2.78. The summed E-state index contributed by atoms with van der Waals surface area (Å²) in [6.45, 7) is 8.28. The Morgan fingerprint density at radius 3 is 2.27 bits per heavy atom. The molecule has 1 heterocycles. The van der Waals surface area contributed by atoms with Crippen LogP contribution < -0.4 is 5.73 Å². The maximum atomic E-state index is 6.21. The van der Waals surface area contributed by atoms with Gasteiger partial charge in [0.15, 0.2) is 5.79 Å². The quantitative estimate of drug-likeness (QED) is 0.668. The summed E-state index contributed by atoms with van der Waals surface area (Å²) in [6.07, 6.45) is 3.14. The van der Waals surface area contributed by atoms with Crippen LogP contribution in [0.3, 0.4) is 0 Å². The molecular weight excluding hydrogens is 190 g/mol. The molecule has 0 bridgehead atoms. The van der Waals surface area contributed by atoms with Gasteiger partial charge in [-0.1, -0.05) is 20.8 Å². The van der Waals surface area contributed by atoms with E-state index in [1.54, 1.807) is 0 Å². The molecule has 0 aromatic heterocycles. The highest BCUT2D eigenvalue weighted by atomic mass is 16.7. The molecule has 2 aliphatic rings. The number of rotatable bonds is 0. The monoisotopic (exact) mass is 213 g/mol. The molecular formula is C12H23NO2. The predicted octanol–water partition coefficient (Wildman–Crippen LogP) is 1.90.